The molecular formula is C28H24F3N3O5. The van der Waals surface area contributed by atoms with Crippen molar-refractivity contribution in [1.29, 1.82) is 0 Å². The number of aromatic nitrogens is 1. The average molecular weight is 540 g/mol. The molecule has 0 fully saturated rings. The van der Waals surface area contributed by atoms with Gasteiger partial charge in [0.15, 0.2) is 12.3 Å². The van der Waals surface area contributed by atoms with Gasteiger partial charge in [0.25, 0.3) is 11.8 Å². The number of carbonyl (C=O) groups is 2. The van der Waals surface area contributed by atoms with Gasteiger partial charge in [0, 0.05) is 12.5 Å². The van der Waals surface area contributed by atoms with E-state index in [9.17, 15) is 22.8 Å². The van der Waals surface area contributed by atoms with Crippen LogP contribution in [0.1, 0.15) is 33.4 Å². The maximum absolute atomic E-state index is 12.7. The molecule has 0 bridgehead atoms. The van der Waals surface area contributed by atoms with Crippen LogP contribution in [0.15, 0.2) is 95.6 Å². The van der Waals surface area contributed by atoms with Gasteiger partial charge in [-0.15, -0.1) is 13.2 Å². The van der Waals surface area contributed by atoms with Gasteiger partial charge in [-0.2, -0.15) is 0 Å². The summed E-state index contributed by atoms with van der Waals surface area (Å²) < 4.78 is 51.0. The van der Waals surface area contributed by atoms with Crippen LogP contribution in [0, 0.1) is 0 Å². The SMILES string of the molecule is O=C(COc1ccc(OC(F)(F)F)cc1)NCc1nc(C(=O)NCC(c2ccccc2)c2ccccc2)co1. The van der Waals surface area contributed by atoms with Crippen LogP contribution in [-0.4, -0.2) is 36.3 Å². The highest BCUT2D eigenvalue weighted by atomic mass is 19.4. The molecule has 0 unspecified atom stereocenters. The summed E-state index contributed by atoms with van der Waals surface area (Å²) in [5.41, 5.74) is 2.18. The molecule has 0 spiro atoms. The Bertz CT molecular complexity index is 1320. The number of amides is 2. The number of carbonyl (C=O) groups excluding carboxylic acids is 2. The summed E-state index contributed by atoms with van der Waals surface area (Å²) in [6.45, 7) is -0.148. The minimum atomic E-state index is -4.80. The van der Waals surface area contributed by atoms with Crippen molar-refractivity contribution in [1.82, 2.24) is 15.6 Å². The first-order chi connectivity index (χ1) is 18.8. The molecule has 39 heavy (non-hydrogen) atoms. The Kier molecular flexibility index (Phi) is 8.82. The predicted octanol–water partition coefficient (Wildman–Crippen LogP) is 4.83. The number of oxazole rings is 1. The van der Waals surface area contributed by atoms with Gasteiger partial charge < -0.3 is 24.5 Å². The summed E-state index contributed by atoms with van der Waals surface area (Å²) in [5, 5.41) is 5.42. The summed E-state index contributed by atoms with van der Waals surface area (Å²) in [7, 11) is 0. The monoisotopic (exact) mass is 539 g/mol. The Morgan fingerprint density at radius 3 is 2.03 bits per heavy atom. The Labute approximate surface area is 221 Å². The van der Waals surface area contributed by atoms with E-state index in [0.29, 0.717) is 6.54 Å². The fourth-order valence-electron chi connectivity index (χ4n) is 3.69. The lowest BCUT2D eigenvalue weighted by molar-refractivity contribution is -0.274. The summed E-state index contributed by atoms with van der Waals surface area (Å²) >= 11 is 0. The summed E-state index contributed by atoms with van der Waals surface area (Å²) in [6.07, 6.45) is -3.59. The molecule has 0 aliphatic rings. The third-order valence-electron chi connectivity index (χ3n) is 5.52. The van der Waals surface area contributed by atoms with Crippen molar-refractivity contribution in [2.45, 2.75) is 18.8 Å². The molecule has 1 aromatic heterocycles. The normalized spacial score (nSPS) is 11.2. The van der Waals surface area contributed by atoms with E-state index in [-0.39, 0.29) is 29.8 Å². The highest BCUT2D eigenvalue weighted by Crippen LogP contribution is 2.25. The van der Waals surface area contributed by atoms with E-state index >= 15 is 0 Å². The number of hydrogen-bond acceptors (Lipinski definition) is 6. The quantitative estimate of drug-likeness (QED) is 0.283. The molecule has 11 heteroatoms. The zero-order valence-electron chi connectivity index (χ0n) is 20.5. The van der Waals surface area contributed by atoms with Crippen LogP contribution in [0.5, 0.6) is 11.5 Å². The highest BCUT2D eigenvalue weighted by molar-refractivity contribution is 5.92. The summed E-state index contributed by atoms with van der Waals surface area (Å²) in [6, 6.07) is 24.3. The Morgan fingerprint density at radius 1 is 0.846 bits per heavy atom. The van der Waals surface area contributed by atoms with Crippen LogP contribution in [0.3, 0.4) is 0 Å². The number of hydrogen-bond donors (Lipinski definition) is 2. The van der Waals surface area contributed by atoms with E-state index in [1.807, 2.05) is 60.7 Å². The third kappa shape index (κ3) is 8.35. The second-order valence-electron chi connectivity index (χ2n) is 8.30. The van der Waals surface area contributed by atoms with Crippen LogP contribution in [0.2, 0.25) is 0 Å². The zero-order valence-corrected chi connectivity index (χ0v) is 20.5. The van der Waals surface area contributed by atoms with Crippen LogP contribution < -0.4 is 20.1 Å². The molecule has 0 atom stereocenters. The maximum atomic E-state index is 12.7. The van der Waals surface area contributed by atoms with Crippen molar-refractivity contribution in [2.75, 3.05) is 13.2 Å². The fraction of sp³-hybridized carbons (Fsp3) is 0.179. The molecule has 8 nitrogen and oxygen atoms in total. The number of nitrogens with zero attached hydrogens (tertiary/aromatic N) is 1. The summed E-state index contributed by atoms with van der Waals surface area (Å²) in [5.74, 6) is -1.11. The molecule has 0 aliphatic heterocycles. The minimum Gasteiger partial charge on any atom is -0.484 e. The predicted molar refractivity (Wildman–Crippen MR) is 134 cm³/mol. The molecule has 0 saturated heterocycles. The fourth-order valence-corrected chi connectivity index (χ4v) is 3.69. The smallest absolute Gasteiger partial charge is 0.484 e. The molecule has 202 valence electrons. The van der Waals surface area contributed by atoms with E-state index in [4.69, 9.17) is 9.15 Å². The Balaban J connectivity index is 1.25. The van der Waals surface area contributed by atoms with Crippen LogP contribution in [0.25, 0.3) is 0 Å². The number of benzene rings is 3. The van der Waals surface area contributed by atoms with Gasteiger partial charge in [-0.1, -0.05) is 60.7 Å². The van der Waals surface area contributed by atoms with Gasteiger partial charge in [-0.25, -0.2) is 4.98 Å². The third-order valence-corrected chi connectivity index (χ3v) is 5.52. The average Bonchev–Trinajstić information content (AvgIpc) is 3.41. The number of rotatable bonds is 11. The second-order valence-corrected chi connectivity index (χ2v) is 8.30. The topological polar surface area (TPSA) is 103 Å². The first-order valence-corrected chi connectivity index (χ1v) is 11.8. The van der Waals surface area contributed by atoms with Gasteiger partial charge >= 0.3 is 6.36 Å². The lowest BCUT2D eigenvalue weighted by Crippen LogP contribution is -2.30. The first kappa shape index (κ1) is 27.2. The van der Waals surface area contributed by atoms with E-state index < -0.39 is 30.5 Å². The van der Waals surface area contributed by atoms with Crippen molar-refractivity contribution in [3.8, 4) is 11.5 Å². The van der Waals surface area contributed by atoms with Crippen LogP contribution in [0.4, 0.5) is 13.2 Å². The standard InChI is InChI=1S/C28H24F3N3O5/c29-28(30,31)39-22-13-11-21(12-14-22)37-18-25(35)32-16-26-34-24(17-38-26)27(36)33-15-23(19-7-3-1-4-8-19)20-9-5-2-6-10-20/h1-14,17,23H,15-16,18H2,(H,32,35)(H,33,36). The van der Waals surface area contributed by atoms with Crippen molar-refractivity contribution in [3.05, 3.63) is 114 Å². The molecule has 0 saturated carbocycles. The lowest BCUT2D eigenvalue weighted by Gasteiger charge is -2.18. The van der Waals surface area contributed by atoms with E-state index in [1.54, 1.807) is 0 Å². The van der Waals surface area contributed by atoms with E-state index in [1.165, 1.54) is 18.4 Å². The number of halogens is 3. The van der Waals surface area contributed by atoms with E-state index in [0.717, 1.165) is 23.3 Å². The summed E-state index contributed by atoms with van der Waals surface area (Å²) in [4.78, 5) is 28.9. The molecule has 2 N–H and O–H groups in total. The lowest BCUT2D eigenvalue weighted by atomic mass is 9.91. The Hall–Kier alpha value is -4.80. The first-order valence-electron chi connectivity index (χ1n) is 11.8. The molecule has 0 radical (unpaired) electrons. The van der Waals surface area contributed by atoms with Crippen molar-refractivity contribution in [2.24, 2.45) is 0 Å². The van der Waals surface area contributed by atoms with Crippen LogP contribution in [-0.2, 0) is 11.3 Å². The molecule has 4 rings (SSSR count). The molecule has 3 aromatic carbocycles. The van der Waals surface area contributed by atoms with Crippen LogP contribution >= 0.6 is 0 Å². The van der Waals surface area contributed by atoms with Crippen molar-refractivity contribution >= 4 is 11.8 Å². The number of alkyl halides is 3. The largest absolute Gasteiger partial charge is 0.573 e. The van der Waals surface area contributed by atoms with E-state index in [2.05, 4.69) is 20.4 Å². The number of nitrogens with one attached hydrogen (secondary N) is 2. The van der Waals surface area contributed by atoms with Gasteiger partial charge in [0.1, 0.15) is 17.8 Å². The van der Waals surface area contributed by atoms with Gasteiger partial charge in [-0.3, -0.25) is 9.59 Å². The zero-order chi connectivity index (χ0) is 27.7. The maximum Gasteiger partial charge on any atom is 0.573 e. The van der Waals surface area contributed by atoms with Gasteiger partial charge in [0.05, 0.1) is 6.54 Å². The second kappa shape index (κ2) is 12.6. The molecular weight excluding hydrogens is 515 g/mol. The molecule has 2 amide bonds. The van der Waals surface area contributed by atoms with Gasteiger partial charge in [0.2, 0.25) is 5.89 Å². The van der Waals surface area contributed by atoms with Crippen molar-refractivity contribution in [3.63, 3.8) is 0 Å². The molecule has 0 aliphatic carbocycles. The molecule has 4 aromatic rings. The Morgan fingerprint density at radius 2 is 1.44 bits per heavy atom. The molecule has 1 heterocycles. The highest BCUT2D eigenvalue weighted by Gasteiger charge is 2.31. The minimum absolute atomic E-state index is 0.0598. The van der Waals surface area contributed by atoms with Gasteiger partial charge in [-0.05, 0) is 35.4 Å². The van der Waals surface area contributed by atoms with Crippen molar-refractivity contribution < 1.29 is 36.7 Å². The number of ether oxygens (including phenoxy) is 2.